The van der Waals surface area contributed by atoms with Gasteiger partial charge < -0.3 is 9.47 Å². The Morgan fingerprint density at radius 3 is 2.43 bits per heavy atom. The number of rotatable bonds is 6. The Morgan fingerprint density at radius 2 is 1.93 bits per heavy atom. The molecule has 0 aromatic rings. The summed E-state index contributed by atoms with van der Waals surface area (Å²) in [5, 5.41) is 0. The van der Waals surface area contributed by atoms with Gasteiger partial charge in [-0.25, -0.2) is 0 Å². The summed E-state index contributed by atoms with van der Waals surface area (Å²) in [7, 11) is 0. The van der Waals surface area contributed by atoms with E-state index in [0.717, 1.165) is 6.26 Å². The first-order valence-electron chi connectivity index (χ1n) is 4.01. The lowest BCUT2D eigenvalue weighted by molar-refractivity contribution is -0.146. The first-order valence-corrected chi connectivity index (χ1v) is 4.01. The lowest BCUT2D eigenvalue weighted by Crippen LogP contribution is -2.13. The van der Waals surface area contributed by atoms with Crippen LogP contribution >= 0.6 is 0 Å². The molecular formula is C9H12O5. The van der Waals surface area contributed by atoms with E-state index in [9.17, 15) is 14.4 Å². The summed E-state index contributed by atoms with van der Waals surface area (Å²) in [6.45, 7) is 4.10. The predicted molar refractivity (Wildman–Crippen MR) is 47.2 cm³/mol. The van der Waals surface area contributed by atoms with Crippen molar-refractivity contribution < 1.29 is 23.9 Å². The maximum Gasteiger partial charge on any atom is 0.311 e. The molecule has 0 rings (SSSR count). The van der Waals surface area contributed by atoms with Gasteiger partial charge in [-0.15, -0.1) is 0 Å². The van der Waals surface area contributed by atoms with Crippen LogP contribution in [0.25, 0.3) is 0 Å². The zero-order chi connectivity index (χ0) is 11.0. The molecule has 0 aliphatic rings. The zero-order valence-electron chi connectivity index (χ0n) is 7.95. The van der Waals surface area contributed by atoms with Gasteiger partial charge in [-0.05, 0) is 0 Å². The van der Waals surface area contributed by atoms with Crippen molar-refractivity contribution in [2.24, 2.45) is 0 Å². The minimum absolute atomic E-state index is 0.0000463. The van der Waals surface area contributed by atoms with Gasteiger partial charge in [-0.3, -0.25) is 14.4 Å². The third-order valence-corrected chi connectivity index (χ3v) is 1.26. The minimum atomic E-state index is -0.531. The molecule has 5 heteroatoms. The van der Waals surface area contributed by atoms with Crippen LogP contribution in [0.1, 0.15) is 19.8 Å². The Kier molecular flexibility index (Phi) is 6.02. The van der Waals surface area contributed by atoms with Gasteiger partial charge in [0, 0.05) is 13.3 Å². The number of ether oxygens (including phenoxy) is 2. The molecule has 0 saturated heterocycles. The summed E-state index contributed by atoms with van der Waals surface area (Å²) >= 11 is 0. The van der Waals surface area contributed by atoms with Crippen molar-refractivity contribution in [2.75, 3.05) is 6.61 Å². The van der Waals surface area contributed by atoms with Crippen LogP contribution in [0.5, 0.6) is 0 Å². The van der Waals surface area contributed by atoms with E-state index in [0.29, 0.717) is 0 Å². The number of hydrogen-bond donors (Lipinski definition) is 0. The molecule has 0 heterocycles. The number of carbonyl (C=O) groups is 3. The highest BCUT2D eigenvalue weighted by atomic mass is 16.5. The molecule has 0 saturated carbocycles. The van der Waals surface area contributed by atoms with Crippen molar-refractivity contribution in [2.45, 2.75) is 19.8 Å². The Balaban J connectivity index is 3.58. The number of Topliss-reactive ketones (excluding diaryl/α,β-unsaturated/α-hetero) is 1. The second kappa shape index (κ2) is 6.82. The molecule has 0 fully saturated rings. The Hall–Kier alpha value is -1.65. The van der Waals surface area contributed by atoms with Gasteiger partial charge in [0.15, 0.2) is 5.78 Å². The summed E-state index contributed by atoms with van der Waals surface area (Å²) in [6, 6.07) is 0. The molecule has 0 amide bonds. The molecule has 0 unspecified atom stereocenters. The number of hydrogen-bond acceptors (Lipinski definition) is 5. The van der Waals surface area contributed by atoms with Gasteiger partial charge in [-0.1, -0.05) is 6.58 Å². The van der Waals surface area contributed by atoms with Crippen molar-refractivity contribution in [3.05, 3.63) is 12.8 Å². The lowest BCUT2D eigenvalue weighted by Gasteiger charge is -2.00. The topological polar surface area (TPSA) is 69.7 Å². The number of esters is 2. The molecule has 0 atom stereocenters. The minimum Gasteiger partial charge on any atom is -0.458 e. The van der Waals surface area contributed by atoms with Crippen LogP contribution in [0, 0.1) is 0 Å². The molecule has 0 aliphatic carbocycles. The average molecular weight is 200 g/mol. The van der Waals surface area contributed by atoms with Crippen LogP contribution in [-0.2, 0) is 23.9 Å². The second-order valence-corrected chi connectivity index (χ2v) is 2.48. The molecule has 5 nitrogen and oxygen atoms in total. The van der Waals surface area contributed by atoms with E-state index >= 15 is 0 Å². The molecule has 0 aromatic heterocycles. The second-order valence-electron chi connectivity index (χ2n) is 2.48. The molecule has 78 valence electrons. The largest absolute Gasteiger partial charge is 0.458 e. The normalized spacial score (nSPS) is 8.93. The quantitative estimate of drug-likeness (QED) is 0.463. The highest BCUT2D eigenvalue weighted by Crippen LogP contribution is 1.95. The monoisotopic (exact) mass is 200 g/mol. The lowest BCUT2D eigenvalue weighted by atomic mass is 10.2. The highest BCUT2D eigenvalue weighted by Gasteiger charge is 2.08. The third-order valence-electron chi connectivity index (χ3n) is 1.26. The fraction of sp³-hybridized carbons (Fsp3) is 0.444. The summed E-state index contributed by atoms with van der Waals surface area (Å²) in [6.07, 6.45) is 0.963. The van der Waals surface area contributed by atoms with Gasteiger partial charge in [0.25, 0.3) is 0 Å². The van der Waals surface area contributed by atoms with Gasteiger partial charge in [0.2, 0.25) is 0 Å². The van der Waals surface area contributed by atoms with E-state index in [1.54, 1.807) is 0 Å². The van der Waals surface area contributed by atoms with Crippen molar-refractivity contribution in [3.8, 4) is 0 Å². The van der Waals surface area contributed by atoms with Crippen LogP contribution in [0.15, 0.2) is 12.8 Å². The number of ketones is 1. The summed E-state index contributed by atoms with van der Waals surface area (Å²) < 4.78 is 8.82. The molecule has 0 bridgehead atoms. The van der Waals surface area contributed by atoms with E-state index in [1.807, 2.05) is 0 Å². The van der Waals surface area contributed by atoms with E-state index < -0.39 is 11.9 Å². The first-order chi connectivity index (χ1) is 6.56. The molecule has 0 spiro atoms. The smallest absolute Gasteiger partial charge is 0.311 e. The molecule has 0 aromatic carbocycles. The van der Waals surface area contributed by atoms with Gasteiger partial charge in [-0.2, -0.15) is 0 Å². The zero-order valence-corrected chi connectivity index (χ0v) is 7.95. The van der Waals surface area contributed by atoms with Crippen molar-refractivity contribution >= 4 is 17.7 Å². The van der Waals surface area contributed by atoms with Crippen molar-refractivity contribution in [1.29, 1.82) is 0 Å². The standard InChI is InChI=1S/C9H12O5/c1-3-13-9(12)5-4-8(11)6-14-7(2)10/h3H,1,4-6H2,2H3. The van der Waals surface area contributed by atoms with Gasteiger partial charge in [0.05, 0.1) is 12.7 Å². The maximum atomic E-state index is 10.9. The Morgan fingerprint density at radius 1 is 1.29 bits per heavy atom. The summed E-state index contributed by atoms with van der Waals surface area (Å²) in [5.74, 6) is -1.37. The highest BCUT2D eigenvalue weighted by molar-refractivity contribution is 5.85. The van der Waals surface area contributed by atoms with E-state index in [2.05, 4.69) is 16.1 Å². The van der Waals surface area contributed by atoms with Gasteiger partial charge >= 0.3 is 11.9 Å². The Bertz CT molecular complexity index is 244. The van der Waals surface area contributed by atoms with Crippen LogP contribution in [-0.4, -0.2) is 24.3 Å². The van der Waals surface area contributed by atoms with E-state index in [-0.39, 0.29) is 25.2 Å². The van der Waals surface area contributed by atoms with E-state index in [4.69, 9.17) is 0 Å². The van der Waals surface area contributed by atoms with Crippen LogP contribution < -0.4 is 0 Å². The molecule has 0 N–H and O–H groups in total. The van der Waals surface area contributed by atoms with Crippen LogP contribution in [0.2, 0.25) is 0 Å². The predicted octanol–water partition coefficient (Wildman–Crippen LogP) is 0.585. The number of carbonyl (C=O) groups excluding carboxylic acids is 3. The molecule has 0 radical (unpaired) electrons. The average Bonchev–Trinajstić information content (AvgIpc) is 2.12. The SMILES string of the molecule is C=COC(=O)CCC(=O)COC(C)=O. The molecule has 0 aliphatic heterocycles. The van der Waals surface area contributed by atoms with Crippen LogP contribution in [0.3, 0.4) is 0 Å². The van der Waals surface area contributed by atoms with Gasteiger partial charge in [0.1, 0.15) is 6.61 Å². The van der Waals surface area contributed by atoms with Crippen LogP contribution in [0.4, 0.5) is 0 Å². The summed E-state index contributed by atoms with van der Waals surface area (Å²) in [4.78, 5) is 32.0. The van der Waals surface area contributed by atoms with Crippen molar-refractivity contribution in [3.63, 3.8) is 0 Å². The molecular weight excluding hydrogens is 188 g/mol. The fourth-order valence-corrected chi connectivity index (χ4v) is 0.648. The first kappa shape index (κ1) is 12.3. The summed E-state index contributed by atoms with van der Waals surface area (Å²) in [5.41, 5.74) is 0. The third kappa shape index (κ3) is 7.02. The fourth-order valence-electron chi connectivity index (χ4n) is 0.648. The van der Waals surface area contributed by atoms with Crippen molar-refractivity contribution in [1.82, 2.24) is 0 Å². The Labute approximate surface area is 81.7 Å². The molecule has 14 heavy (non-hydrogen) atoms. The maximum absolute atomic E-state index is 10.9. The van der Waals surface area contributed by atoms with E-state index in [1.165, 1.54) is 6.92 Å².